The lowest BCUT2D eigenvalue weighted by atomic mass is 9.91. The minimum atomic E-state index is -0.733. The van der Waals surface area contributed by atoms with E-state index in [-0.39, 0.29) is 12.6 Å². The monoisotopic (exact) mass is 246 g/mol. The van der Waals surface area contributed by atoms with Gasteiger partial charge in [0.25, 0.3) is 0 Å². The van der Waals surface area contributed by atoms with Crippen molar-refractivity contribution in [3.8, 4) is 11.5 Å². The average Bonchev–Trinajstić information content (AvgIpc) is 2.85. The van der Waals surface area contributed by atoms with Gasteiger partial charge in [-0.2, -0.15) is 0 Å². The Morgan fingerprint density at radius 3 is 2.83 bits per heavy atom. The molecular formula is C14H14O4. The molecule has 1 atom stereocenters. The second-order valence-electron chi connectivity index (χ2n) is 4.55. The molecule has 3 rings (SSSR count). The Hall–Kier alpha value is -1.81. The van der Waals surface area contributed by atoms with Crippen LogP contribution in [0.3, 0.4) is 0 Å². The van der Waals surface area contributed by atoms with Crippen LogP contribution in [0.4, 0.5) is 0 Å². The molecule has 1 heterocycles. The minimum Gasteiger partial charge on any atom is -0.454 e. The molecule has 1 aliphatic heterocycles. The summed E-state index contributed by atoms with van der Waals surface area (Å²) in [6, 6.07) is 5.36. The minimum absolute atomic E-state index is 0.0936. The third kappa shape index (κ3) is 1.99. The maximum Gasteiger partial charge on any atom is 0.231 e. The molecule has 4 heteroatoms. The first-order valence-electron chi connectivity index (χ1n) is 6.05. The molecule has 94 valence electrons. The Morgan fingerprint density at radius 1 is 1.17 bits per heavy atom. The fraction of sp³-hybridized carbons (Fsp3) is 0.357. The maximum atomic E-state index is 11.4. The first kappa shape index (κ1) is 11.3. The first-order chi connectivity index (χ1) is 8.74. The third-order valence-electron chi connectivity index (χ3n) is 3.30. The molecule has 0 fully saturated rings. The smallest absolute Gasteiger partial charge is 0.231 e. The fourth-order valence-corrected chi connectivity index (χ4v) is 2.33. The standard InChI is InChI=1S/C14H14O4/c15-11-3-1-2-9(6-11)14(16)10-4-5-12-13(7-10)18-8-17-12/h4-7,14,16H,1-3,8H2. The molecule has 0 saturated carbocycles. The number of aliphatic hydroxyl groups is 1. The highest BCUT2D eigenvalue weighted by atomic mass is 16.7. The fourth-order valence-electron chi connectivity index (χ4n) is 2.33. The van der Waals surface area contributed by atoms with E-state index in [9.17, 15) is 9.90 Å². The van der Waals surface area contributed by atoms with Gasteiger partial charge in [-0.3, -0.25) is 4.79 Å². The molecule has 0 bridgehead atoms. The van der Waals surface area contributed by atoms with E-state index in [1.165, 1.54) is 0 Å². The van der Waals surface area contributed by atoms with Crippen molar-refractivity contribution in [3.05, 3.63) is 35.4 Å². The van der Waals surface area contributed by atoms with Crippen molar-refractivity contribution >= 4 is 5.78 Å². The van der Waals surface area contributed by atoms with E-state index in [4.69, 9.17) is 9.47 Å². The summed E-state index contributed by atoms with van der Waals surface area (Å²) >= 11 is 0. The average molecular weight is 246 g/mol. The quantitative estimate of drug-likeness (QED) is 0.868. The highest BCUT2D eigenvalue weighted by Crippen LogP contribution is 2.36. The summed E-state index contributed by atoms with van der Waals surface area (Å²) in [6.45, 7) is 0.218. The molecule has 0 saturated heterocycles. The van der Waals surface area contributed by atoms with Crippen LogP contribution in [-0.2, 0) is 4.79 Å². The lowest BCUT2D eigenvalue weighted by Gasteiger charge is -2.18. The molecule has 4 nitrogen and oxygen atoms in total. The van der Waals surface area contributed by atoms with Gasteiger partial charge in [-0.1, -0.05) is 6.07 Å². The SMILES string of the molecule is O=C1C=C(C(O)c2ccc3c(c2)OCO3)CCC1. The summed E-state index contributed by atoms with van der Waals surface area (Å²) in [4.78, 5) is 11.4. The molecular weight excluding hydrogens is 232 g/mol. The zero-order chi connectivity index (χ0) is 12.5. The van der Waals surface area contributed by atoms with Crippen molar-refractivity contribution in [1.29, 1.82) is 0 Å². The van der Waals surface area contributed by atoms with Crippen LogP contribution >= 0.6 is 0 Å². The van der Waals surface area contributed by atoms with Gasteiger partial charge in [-0.25, -0.2) is 0 Å². The topological polar surface area (TPSA) is 55.8 Å². The highest BCUT2D eigenvalue weighted by molar-refractivity contribution is 5.91. The van der Waals surface area contributed by atoms with Crippen LogP contribution in [-0.4, -0.2) is 17.7 Å². The Kier molecular flexibility index (Phi) is 2.80. The van der Waals surface area contributed by atoms with Crippen LogP contribution in [0, 0.1) is 0 Å². The van der Waals surface area contributed by atoms with Crippen molar-refractivity contribution in [3.63, 3.8) is 0 Å². The second kappa shape index (κ2) is 4.46. The summed E-state index contributed by atoms with van der Waals surface area (Å²) in [5.41, 5.74) is 1.52. The van der Waals surface area contributed by atoms with Crippen LogP contribution in [0.5, 0.6) is 11.5 Å². The molecule has 1 aromatic rings. The molecule has 0 radical (unpaired) electrons. The molecule has 0 amide bonds. The molecule has 0 aromatic heterocycles. The number of benzene rings is 1. The van der Waals surface area contributed by atoms with E-state index < -0.39 is 6.10 Å². The van der Waals surface area contributed by atoms with E-state index >= 15 is 0 Å². The summed E-state index contributed by atoms with van der Waals surface area (Å²) in [6.07, 6.45) is 2.99. The zero-order valence-electron chi connectivity index (χ0n) is 9.89. The number of hydrogen-bond acceptors (Lipinski definition) is 4. The molecule has 1 N–H and O–H groups in total. The number of aliphatic hydroxyl groups excluding tert-OH is 1. The van der Waals surface area contributed by atoms with Crippen LogP contribution < -0.4 is 9.47 Å². The lowest BCUT2D eigenvalue weighted by Crippen LogP contribution is -2.09. The van der Waals surface area contributed by atoms with Gasteiger partial charge < -0.3 is 14.6 Å². The van der Waals surface area contributed by atoms with E-state index in [0.29, 0.717) is 17.9 Å². The van der Waals surface area contributed by atoms with Crippen molar-refractivity contribution in [2.75, 3.05) is 6.79 Å². The van der Waals surface area contributed by atoms with Crippen LogP contribution in [0.15, 0.2) is 29.8 Å². The second-order valence-corrected chi connectivity index (χ2v) is 4.55. The predicted octanol–water partition coefficient (Wildman–Crippen LogP) is 2.13. The number of rotatable bonds is 2. The van der Waals surface area contributed by atoms with Crippen LogP contribution in [0.1, 0.15) is 30.9 Å². The number of ether oxygens (including phenoxy) is 2. The molecule has 0 spiro atoms. The van der Waals surface area contributed by atoms with Gasteiger partial charge in [0.2, 0.25) is 6.79 Å². The lowest BCUT2D eigenvalue weighted by molar-refractivity contribution is -0.115. The Labute approximate surface area is 105 Å². The summed E-state index contributed by atoms with van der Waals surface area (Å²) in [5.74, 6) is 1.44. The maximum absolute atomic E-state index is 11.4. The van der Waals surface area contributed by atoms with Crippen LogP contribution in [0.25, 0.3) is 0 Å². The largest absolute Gasteiger partial charge is 0.454 e. The third-order valence-corrected chi connectivity index (χ3v) is 3.30. The highest BCUT2D eigenvalue weighted by Gasteiger charge is 2.21. The molecule has 2 aliphatic rings. The van der Waals surface area contributed by atoms with Gasteiger partial charge >= 0.3 is 0 Å². The van der Waals surface area contributed by atoms with Gasteiger partial charge in [-0.15, -0.1) is 0 Å². The summed E-state index contributed by atoms with van der Waals surface area (Å²) < 4.78 is 10.5. The van der Waals surface area contributed by atoms with Gasteiger partial charge in [0.1, 0.15) is 6.10 Å². The van der Waals surface area contributed by atoms with Crippen molar-refractivity contribution in [1.82, 2.24) is 0 Å². The number of fused-ring (bicyclic) bond motifs is 1. The molecule has 1 unspecified atom stereocenters. The number of carbonyl (C=O) groups is 1. The van der Waals surface area contributed by atoms with Crippen molar-refractivity contribution < 1.29 is 19.4 Å². The Morgan fingerprint density at radius 2 is 2.00 bits per heavy atom. The number of ketones is 1. The van der Waals surface area contributed by atoms with Gasteiger partial charge in [0.15, 0.2) is 17.3 Å². The summed E-state index contributed by atoms with van der Waals surface area (Å²) in [5, 5.41) is 10.3. The summed E-state index contributed by atoms with van der Waals surface area (Å²) in [7, 11) is 0. The van der Waals surface area contributed by atoms with Crippen LogP contribution in [0.2, 0.25) is 0 Å². The Balaban J connectivity index is 1.88. The molecule has 1 aliphatic carbocycles. The normalized spacial score (nSPS) is 19.6. The predicted molar refractivity (Wildman–Crippen MR) is 64.5 cm³/mol. The van der Waals surface area contributed by atoms with E-state index in [1.807, 2.05) is 0 Å². The van der Waals surface area contributed by atoms with Crippen molar-refractivity contribution in [2.45, 2.75) is 25.4 Å². The zero-order valence-corrected chi connectivity index (χ0v) is 9.89. The van der Waals surface area contributed by atoms with Gasteiger partial charge in [0, 0.05) is 6.42 Å². The van der Waals surface area contributed by atoms with Gasteiger partial charge in [-0.05, 0) is 42.2 Å². The first-order valence-corrected chi connectivity index (χ1v) is 6.05. The molecule has 18 heavy (non-hydrogen) atoms. The van der Waals surface area contributed by atoms with Crippen molar-refractivity contribution in [2.24, 2.45) is 0 Å². The van der Waals surface area contributed by atoms with E-state index in [0.717, 1.165) is 24.0 Å². The van der Waals surface area contributed by atoms with E-state index in [1.54, 1.807) is 24.3 Å². The number of allylic oxidation sites excluding steroid dienone is 1. The van der Waals surface area contributed by atoms with E-state index in [2.05, 4.69) is 0 Å². The molecule has 1 aromatic carbocycles. The number of hydrogen-bond donors (Lipinski definition) is 1. The van der Waals surface area contributed by atoms with Gasteiger partial charge in [0.05, 0.1) is 0 Å². The number of carbonyl (C=O) groups excluding carboxylic acids is 1. The Bertz CT molecular complexity index is 519.